The minimum Gasteiger partial charge on any atom is -0.462 e. The van der Waals surface area contributed by atoms with E-state index in [1.54, 1.807) is 6.92 Å². The topological polar surface area (TPSA) is 51.2 Å². The van der Waals surface area contributed by atoms with Gasteiger partial charge in [-0.3, -0.25) is 4.98 Å². The van der Waals surface area contributed by atoms with Gasteiger partial charge in [-0.25, -0.2) is 4.79 Å². The molecule has 3 rings (SSSR count). The van der Waals surface area contributed by atoms with E-state index >= 15 is 0 Å². The molecule has 0 aliphatic rings. The number of nitrogens with one attached hydrogen (secondary N) is 1. The maximum atomic E-state index is 13.0. The smallest absolute Gasteiger partial charge is 0.416 e. The monoisotopic (exact) mass is 388 g/mol. The van der Waals surface area contributed by atoms with E-state index in [1.807, 2.05) is 32.0 Å². The van der Waals surface area contributed by atoms with Crippen molar-refractivity contribution in [1.82, 2.24) is 4.98 Å². The van der Waals surface area contributed by atoms with Gasteiger partial charge in [0.05, 0.1) is 23.4 Å². The van der Waals surface area contributed by atoms with Gasteiger partial charge < -0.3 is 10.1 Å². The zero-order valence-corrected chi connectivity index (χ0v) is 15.6. The molecule has 0 aliphatic carbocycles. The summed E-state index contributed by atoms with van der Waals surface area (Å²) in [6.45, 7) is 5.72. The van der Waals surface area contributed by atoms with Gasteiger partial charge in [-0.15, -0.1) is 0 Å². The molecule has 0 atom stereocenters. The predicted octanol–water partition coefficient (Wildman–Crippen LogP) is 5.79. The fourth-order valence-corrected chi connectivity index (χ4v) is 3.06. The number of benzene rings is 2. The van der Waals surface area contributed by atoms with E-state index < -0.39 is 17.7 Å². The van der Waals surface area contributed by atoms with Crippen LogP contribution in [0.1, 0.15) is 34.0 Å². The van der Waals surface area contributed by atoms with Crippen molar-refractivity contribution < 1.29 is 22.7 Å². The molecular weight excluding hydrogens is 369 g/mol. The summed E-state index contributed by atoms with van der Waals surface area (Å²) < 4.78 is 44.2. The number of fused-ring (bicyclic) bond motifs is 1. The van der Waals surface area contributed by atoms with E-state index in [2.05, 4.69) is 10.3 Å². The normalized spacial score (nSPS) is 11.5. The number of ether oxygens (including phenoxy) is 1. The highest BCUT2D eigenvalue weighted by Crippen LogP contribution is 2.35. The van der Waals surface area contributed by atoms with Crippen molar-refractivity contribution in [2.75, 3.05) is 11.9 Å². The van der Waals surface area contributed by atoms with Crippen LogP contribution in [-0.4, -0.2) is 17.6 Å². The molecule has 0 bridgehead atoms. The second-order valence-corrected chi connectivity index (χ2v) is 6.50. The lowest BCUT2D eigenvalue weighted by atomic mass is 10.1. The van der Waals surface area contributed by atoms with E-state index in [0.717, 1.165) is 28.9 Å². The fraction of sp³-hybridized carbons (Fsp3) is 0.238. The molecule has 0 radical (unpaired) electrons. The van der Waals surface area contributed by atoms with Gasteiger partial charge in [0.25, 0.3) is 0 Å². The summed E-state index contributed by atoms with van der Waals surface area (Å²) in [6, 6.07) is 9.04. The predicted molar refractivity (Wildman–Crippen MR) is 102 cm³/mol. The Morgan fingerprint density at radius 1 is 1.11 bits per heavy atom. The van der Waals surface area contributed by atoms with E-state index in [-0.39, 0.29) is 17.7 Å². The summed E-state index contributed by atoms with van der Waals surface area (Å²) >= 11 is 0. The second kappa shape index (κ2) is 7.50. The van der Waals surface area contributed by atoms with Gasteiger partial charge in [-0.05, 0) is 56.2 Å². The molecule has 4 nitrogen and oxygen atoms in total. The molecule has 0 aliphatic heterocycles. The molecule has 1 N–H and O–H groups in total. The van der Waals surface area contributed by atoms with Crippen molar-refractivity contribution in [3.63, 3.8) is 0 Å². The van der Waals surface area contributed by atoms with Crippen molar-refractivity contribution in [1.29, 1.82) is 0 Å². The first-order valence-electron chi connectivity index (χ1n) is 8.71. The van der Waals surface area contributed by atoms with Crippen LogP contribution in [0.15, 0.2) is 42.6 Å². The quantitative estimate of drug-likeness (QED) is 0.575. The highest BCUT2D eigenvalue weighted by atomic mass is 19.4. The van der Waals surface area contributed by atoms with Crippen molar-refractivity contribution in [3.8, 4) is 0 Å². The molecule has 0 unspecified atom stereocenters. The lowest BCUT2D eigenvalue weighted by molar-refractivity contribution is -0.137. The highest BCUT2D eigenvalue weighted by Gasteiger charge is 2.31. The molecule has 28 heavy (non-hydrogen) atoms. The molecule has 7 heteroatoms. The number of esters is 1. The van der Waals surface area contributed by atoms with Crippen LogP contribution in [-0.2, 0) is 10.9 Å². The van der Waals surface area contributed by atoms with Crippen LogP contribution in [0.25, 0.3) is 10.9 Å². The van der Waals surface area contributed by atoms with Gasteiger partial charge in [0, 0.05) is 17.3 Å². The first kappa shape index (κ1) is 19.7. The Morgan fingerprint density at radius 3 is 2.39 bits per heavy atom. The van der Waals surface area contributed by atoms with Crippen LogP contribution >= 0.6 is 0 Å². The Bertz CT molecular complexity index is 1030. The van der Waals surface area contributed by atoms with E-state index in [0.29, 0.717) is 11.1 Å². The SMILES string of the molecule is CCOC(=O)c1cnc2cc(C(F)(F)F)ccc2c1Nc1cc(C)cc(C)c1. The van der Waals surface area contributed by atoms with Gasteiger partial charge in [-0.1, -0.05) is 12.1 Å². The van der Waals surface area contributed by atoms with Gasteiger partial charge in [0.1, 0.15) is 5.56 Å². The second-order valence-electron chi connectivity index (χ2n) is 6.50. The van der Waals surface area contributed by atoms with Crippen LogP contribution in [0.4, 0.5) is 24.5 Å². The van der Waals surface area contributed by atoms with Gasteiger partial charge in [0.2, 0.25) is 0 Å². The zero-order valence-electron chi connectivity index (χ0n) is 15.6. The average Bonchev–Trinajstić information content (AvgIpc) is 2.60. The summed E-state index contributed by atoms with van der Waals surface area (Å²) in [7, 11) is 0. The number of nitrogens with zero attached hydrogens (tertiary/aromatic N) is 1. The molecule has 2 aromatic carbocycles. The molecule has 0 saturated carbocycles. The minimum atomic E-state index is -4.48. The van der Waals surface area contributed by atoms with Crippen molar-refractivity contribution in [2.45, 2.75) is 26.9 Å². The van der Waals surface area contributed by atoms with Gasteiger partial charge in [-0.2, -0.15) is 13.2 Å². The lowest BCUT2D eigenvalue weighted by Gasteiger charge is -2.16. The number of alkyl halides is 3. The van der Waals surface area contributed by atoms with Crippen molar-refractivity contribution in [3.05, 3.63) is 64.8 Å². The number of carbonyl (C=O) groups excluding carboxylic acids is 1. The number of carbonyl (C=O) groups is 1. The third-order valence-corrected chi connectivity index (χ3v) is 4.18. The first-order valence-corrected chi connectivity index (χ1v) is 8.71. The molecule has 3 aromatic rings. The van der Waals surface area contributed by atoms with E-state index in [9.17, 15) is 18.0 Å². The number of rotatable bonds is 4. The zero-order chi connectivity index (χ0) is 20.5. The summed E-state index contributed by atoms with van der Waals surface area (Å²) in [5.41, 5.74) is 2.60. The molecular formula is C21H19F3N2O2. The number of hydrogen-bond donors (Lipinski definition) is 1. The molecule has 0 spiro atoms. The highest BCUT2D eigenvalue weighted by molar-refractivity contribution is 6.06. The van der Waals surface area contributed by atoms with Crippen LogP contribution in [0.3, 0.4) is 0 Å². The molecule has 146 valence electrons. The maximum absolute atomic E-state index is 13.0. The summed E-state index contributed by atoms with van der Waals surface area (Å²) in [5.74, 6) is -0.594. The van der Waals surface area contributed by atoms with Crippen LogP contribution in [0, 0.1) is 13.8 Å². The third kappa shape index (κ3) is 4.08. The molecule has 0 saturated heterocycles. The number of anilines is 2. The maximum Gasteiger partial charge on any atom is 0.416 e. The minimum absolute atomic E-state index is 0.134. The van der Waals surface area contributed by atoms with Gasteiger partial charge in [0.15, 0.2) is 0 Å². The molecule has 1 aromatic heterocycles. The number of aromatic nitrogens is 1. The lowest BCUT2D eigenvalue weighted by Crippen LogP contribution is -2.10. The largest absolute Gasteiger partial charge is 0.462 e. The standard InChI is InChI=1S/C21H19F3N2O2/c1-4-28-20(27)17-11-25-18-10-14(21(22,23)24)5-6-16(18)19(17)26-15-8-12(2)7-13(3)9-15/h5-11H,4H2,1-3H3,(H,25,26). The average molecular weight is 388 g/mol. The number of hydrogen-bond acceptors (Lipinski definition) is 4. The van der Waals surface area contributed by atoms with Crippen LogP contribution in [0.2, 0.25) is 0 Å². The first-order chi connectivity index (χ1) is 13.2. The Labute approximate surface area is 160 Å². The Hall–Kier alpha value is -3.09. The Morgan fingerprint density at radius 2 is 1.79 bits per heavy atom. The Balaban J connectivity index is 2.19. The van der Waals surface area contributed by atoms with Crippen molar-refractivity contribution in [2.24, 2.45) is 0 Å². The van der Waals surface area contributed by atoms with Gasteiger partial charge >= 0.3 is 12.1 Å². The molecule has 1 heterocycles. The third-order valence-electron chi connectivity index (χ3n) is 4.18. The Kier molecular flexibility index (Phi) is 5.27. The van der Waals surface area contributed by atoms with E-state index in [1.165, 1.54) is 12.3 Å². The summed E-state index contributed by atoms with van der Waals surface area (Å²) in [5, 5.41) is 3.57. The number of aryl methyl sites for hydroxylation is 2. The van der Waals surface area contributed by atoms with E-state index in [4.69, 9.17) is 4.74 Å². The van der Waals surface area contributed by atoms with Crippen LogP contribution < -0.4 is 5.32 Å². The summed E-state index contributed by atoms with van der Waals surface area (Å²) in [4.78, 5) is 16.4. The fourth-order valence-electron chi connectivity index (χ4n) is 3.06. The number of pyridine rings is 1. The molecule has 0 fully saturated rings. The van der Waals surface area contributed by atoms with Crippen LogP contribution in [0.5, 0.6) is 0 Å². The summed E-state index contributed by atoms with van der Waals surface area (Å²) in [6.07, 6.45) is -3.23. The van der Waals surface area contributed by atoms with Crippen molar-refractivity contribution >= 4 is 28.2 Å². The molecule has 0 amide bonds. The number of halogens is 3.